The Hall–Kier alpha value is -3.53. The van der Waals surface area contributed by atoms with Crippen LogP contribution in [0, 0.1) is 6.92 Å². The van der Waals surface area contributed by atoms with Crippen LogP contribution in [0.3, 0.4) is 0 Å². The molecule has 124 valence electrons. The Bertz CT molecular complexity index is 1250. The second kappa shape index (κ2) is 5.77. The van der Waals surface area contributed by atoms with Crippen LogP contribution in [0.2, 0.25) is 0 Å². The first-order valence-electron chi connectivity index (χ1n) is 8.56. The molecular weight excluding hydrogens is 320 g/mol. The summed E-state index contributed by atoms with van der Waals surface area (Å²) >= 11 is 0. The van der Waals surface area contributed by atoms with Gasteiger partial charge in [0.2, 0.25) is 0 Å². The van der Waals surface area contributed by atoms with Gasteiger partial charge in [0.25, 0.3) is 0 Å². The van der Waals surface area contributed by atoms with Gasteiger partial charge in [-0.1, -0.05) is 42.5 Å². The molecular formula is C22H16N4. The van der Waals surface area contributed by atoms with Crippen molar-refractivity contribution in [1.29, 1.82) is 0 Å². The van der Waals surface area contributed by atoms with Gasteiger partial charge >= 0.3 is 0 Å². The highest BCUT2D eigenvalue weighted by molar-refractivity contribution is 5.94. The van der Waals surface area contributed by atoms with E-state index in [0.29, 0.717) is 0 Å². The number of pyridine rings is 2. The van der Waals surface area contributed by atoms with E-state index in [1.165, 1.54) is 5.56 Å². The van der Waals surface area contributed by atoms with Gasteiger partial charge in [-0.15, -0.1) is 10.2 Å². The van der Waals surface area contributed by atoms with Crippen LogP contribution in [0.1, 0.15) is 5.56 Å². The third-order valence-electron chi connectivity index (χ3n) is 4.74. The van der Waals surface area contributed by atoms with E-state index in [4.69, 9.17) is 0 Å². The van der Waals surface area contributed by atoms with Gasteiger partial charge < -0.3 is 0 Å². The molecule has 5 rings (SSSR count). The van der Waals surface area contributed by atoms with Crippen LogP contribution in [0.15, 0.2) is 79.1 Å². The van der Waals surface area contributed by atoms with E-state index >= 15 is 0 Å². The van der Waals surface area contributed by atoms with Crippen LogP contribution < -0.4 is 0 Å². The van der Waals surface area contributed by atoms with E-state index in [1.807, 2.05) is 42.6 Å². The van der Waals surface area contributed by atoms with Gasteiger partial charge in [-0.3, -0.25) is 9.38 Å². The first kappa shape index (κ1) is 14.8. The summed E-state index contributed by atoms with van der Waals surface area (Å²) in [5.41, 5.74) is 6.38. The van der Waals surface area contributed by atoms with Gasteiger partial charge in [0.1, 0.15) is 0 Å². The average molecular weight is 336 g/mol. The van der Waals surface area contributed by atoms with Crippen molar-refractivity contribution in [3.63, 3.8) is 0 Å². The highest BCUT2D eigenvalue weighted by Gasteiger charge is 2.12. The van der Waals surface area contributed by atoms with Gasteiger partial charge in [-0.2, -0.15) is 0 Å². The van der Waals surface area contributed by atoms with Crippen molar-refractivity contribution in [3.8, 4) is 22.5 Å². The van der Waals surface area contributed by atoms with Gasteiger partial charge in [0.05, 0.1) is 5.52 Å². The van der Waals surface area contributed by atoms with E-state index in [9.17, 15) is 0 Å². The van der Waals surface area contributed by atoms with Crippen molar-refractivity contribution < 1.29 is 0 Å². The smallest absolute Gasteiger partial charge is 0.168 e. The zero-order valence-corrected chi connectivity index (χ0v) is 14.3. The van der Waals surface area contributed by atoms with Gasteiger partial charge in [-0.25, -0.2) is 0 Å². The normalized spacial score (nSPS) is 11.3. The Morgan fingerprint density at radius 2 is 1.65 bits per heavy atom. The molecule has 0 atom stereocenters. The van der Waals surface area contributed by atoms with Crippen LogP contribution in [-0.4, -0.2) is 19.6 Å². The zero-order chi connectivity index (χ0) is 17.5. The Balaban J connectivity index is 1.76. The van der Waals surface area contributed by atoms with Crippen molar-refractivity contribution in [2.45, 2.75) is 6.92 Å². The quantitative estimate of drug-likeness (QED) is 0.459. The third kappa shape index (κ3) is 2.27. The molecule has 0 N–H and O–H groups in total. The van der Waals surface area contributed by atoms with E-state index in [-0.39, 0.29) is 0 Å². The van der Waals surface area contributed by atoms with Crippen LogP contribution in [0.25, 0.3) is 39.1 Å². The summed E-state index contributed by atoms with van der Waals surface area (Å²) in [5.74, 6) is 0.860. The Labute approximate surface area is 150 Å². The highest BCUT2D eigenvalue weighted by Crippen LogP contribution is 2.29. The lowest BCUT2D eigenvalue weighted by Gasteiger charge is -2.08. The van der Waals surface area contributed by atoms with Crippen molar-refractivity contribution in [2.24, 2.45) is 0 Å². The predicted octanol–water partition coefficient (Wildman–Crippen LogP) is 4.92. The molecule has 26 heavy (non-hydrogen) atoms. The van der Waals surface area contributed by atoms with E-state index in [1.54, 1.807) is 0 Å². The summed E-state index contributed by atoms with van der Waals surface area (Å²) in [5, 5.41) is 9.90. The summed E-state index contributed by atoms with van der Waals surface area (Å²) < 4.78 is 2.06. The van der Waals surface area contributed by atoms with Crippen molar-refractivity contribution >= 4 is 16.6 Å². The average Bonchev–Trinajstić information content (AvgIpc) is 3.11. The maximum Gasteiger partial charge on any atom is 0.168 e. The SMILES string of the molecule is Cc1ccccc1-c1nnc2ccc(-c3cccc4ncccc34)cn12. The first-order chi connectivity index (χ1) is 12.8. The molecule has 0 fully saturated rings. The number of hydrogen-bond acceptors (Lipinski definition) is 3. The highest BCUT2D eigenvalue weighted by atomic mass is 15.2. The maximum atomic E-state index is 4.46. The number of hydrogen-bond donors (Lipinski definition) is 0. The summed E-state index contributed by atoms with van der Waals surface area (Å²) in [7, 11) is 0. The van der Waals surface area contributed by atoms with Crippen molar-refractivity contribution in [3.05, 3.63) is 84.7 Å². The van der Waals surface area contributed by atoms with Crippen molar-refractivity contribution in [1.82, 2.24) is 19.6 Å². The molecule has 0 bridgehead atoms. The number of benzene rings is 2. The van der Waals surface area contributed by atoms with Crippen LogP contribution in [0.5, 0.6) is 0 Å². The molecule has 5 aromatic rings. The van der Waals surface area contributed by atoms with Crippen LogP contribution in [-0.2, 0) is 0 Å². The van der Waals surface area contributed by atoms with Crippen molar-refractivity contribution in [2.75, 3.05) is 0 Å². The summed E-state index contributed by atoms with van der Waals surface area (Å²) in [4.78, 5) is 4.46. The largest absolute Gasteiger partial charge is 0.282 e. The first-order valence-corrected chi connectivity index (χ1v) is 8.56. The summed E-state index contributed by atoms with van der Waals surface area (Å²) in [6, 6.07) is 22.6. The molecule has 0 saturated carbocycles. The van der Waals surface area contributed by atoms with Gasteiger partial charge in [-0.05, 0) is 47.9 Å². The molecule has 0 aliphatic carbocycles. The predicted molar refractivity (Wildman–Crippen MR) is 104 cm³/mol. The molecule has 0 spiro atoms. The molecule has 3 aromatic heterocycles. The monoisotopic (exact) mass is 336 g/mol. The lowest BCUT2D eigenvalue weighted by atomic mass is 10.0. The Morgan fingerprint density at radius 1 is 0.769 bits per heavy atom. The molecule has 4 heteroatoms. The number of rotatable bonds is 2. The second-order valence-corrected chi connectivity index (χ2v) is 6.36. The summed E-state index contributed by atoms with van der Waals surface area (Å²) in [6.45, 7) is 2.09. The van der Waals surface area contributed by atoms with E-state index in [0.717, 1.165) is 39.1 Å². The Kier molecular flexibility index (Phi) is 3.28. The lowest BCUT2D eigenvalue weighted by molar-refractivity contribution is 1.11. The molecule has 4 nitrogen and oxygen atoms in total. The Morgan fingerprint density at radius 3 is 2.58 bits per heavy atom. The van der Waals surface area contributed by atoms with Crippen LogP contribution in [0.4, 0.5) is 0 Å². The maximum absolute atomic E-state index is 4.46. The minimum Gasteiger partial charge on any atom is -0.282 e. The lowest BCUT2D eigenvalue weighted by Crippen LogP contribution is -1.93. The zero-order valence-electron chi connectivity index (χ0n) is 14.3. The fourth-order valence-corrected chi connectivity index (χ4v) is 3.41. The summed E-state index contributed by atoms with van der Waals surface area (Å²) in [6.07, 6.45) is 3.93. The van der Waals surface area contributed by atoms with Gasteiger partial charge in [0, 0.05) is 23.3 Å². The number of fused-ring (bicyclic) bond motifs is 2. The topological polar surface area (TPSA) is 43.1 Å². The molecule has 0 radical (unpaired) electrons. The molecule has 3 heterocycles. The minimum atomic E-state index is 0.838. The molecule has 0 aliphatic heterocycles. The van der Waals surface area contributed by atoms with E-state index < -0.39 is 0 Å². The third-order valence-corrected chi connectivity index (χ3v) is 4.74. The molecule has 0 amide bonds. The number of aromatic nitrogens is 4. The number of nitrogens with zero attached hydrogens (tertiary/aromatic N) is 4. The number of aryl methyl sites for hydroxylation is 1. The molecule has 0 aliphatic rings. The molecule has 0 saturated heterocycles. The fourth-order valence-electron chi connectivity index (χ4n) is 3.41. The fraction of sp³-hybridized carbons (Fsp3) is 0.0455. The second-order valence-electron chi connectivity index (χ2n) is 6.36. The molecule has 2 aromatic carbocycles. The standard InChI is InChI=1S/C22H16N4/c1-15-6-2-3-7-17(15)22-25-24-21-12-11-16(14-26(21)22)18-8-4-10-20-19(18)9-5-13-23-20/h2-14H,1H3. The van der Waals surface area contributed by atoms with E-state index in [2.05, 4.69) is 63.0 Å². The van der Waals surface area contributed by atoms with Crippen LogP contribution >= 0.6 is 0 Å². The molecule has 0 unspecified atom stereocenters. The minimum absolute atomic E-state index is 0.838. The van der Waals surface area contributed by atoms with Gasteiger partial charge in [0.15, 0.2) is 11.5 Å².